The fraction of sp³-hybridized carbons (Fsp3) is 0.857. The molecular weight excluding hydrogens is 164 g/mol. The summed E-state index contributed by atoms with van der Waals surface area (Å²) in [4.78, 5) is 10.4. The van der Waals surface area contributed by atoms with E-state index < -0.39 is 0 Å². The molecule has 0 unspecified atom stereocenters. The van der Waals surface area contributed by atoms with E-state index in [-0.39, 0.29) is 5.92 Å². The van der Waals surface area contributed by atoms with Crippen molar-refractivity contribution in [1.82, 2.24) is 0 Å². The summed E-state index contributed by atoms with van der Waals surface area (Å²) >= 11 is 3.86. The van der Waals surface area contributed by atoms with Gasteiger partial charge in [-0.25, -0.2) is 0 Å². The summed E-state index contributed by atoms with van der Waals surface area (Å²) in [7, 11) is 0. The molecule has 1 atom stereocenters. The van der Waals surface area contributed by atoms with E-state index in [0.717, 1.165) is 6.29 Å². The van der Waals surface area contributed by atoms with Crippen molar-refractivity contribution in [2.75, 3.05) is 11.5 Å². The molecular formula is C7H12OS2. The summed E-state index contributed by atoms with van der Waals surface area (Å²) in [6, 6.07) is 0. The Balaban J connectivity index is 2.30. The molecule has 1 heterocycles. The van der Waals surface area contributed by atoms with Crippen molar-refractivity contribution >= 4 is 29.8 Å². The van der Waals surface area contributed by atoms with Gasteiger partial charge in [0.2, 0.25) is 0 Å². The van der Waals surface area contributed by atoms with Crippen LogP contribution >= 0.6 is 23.5 Å². The third kappa shape index (κ3) is 2.20. The molecule has 1 fully saturated rings. The lowest BCUT2D eigenvalue weighted by molar-refractivity contribution is -0.110. The molecule has 0 radical (unpaired) electrons. The van der Waals surface area contributed by atoms with Crippen molar-refractivity contribution in [3.05, 3.63) is 0 Å². The first-order chi connectivity index (χ1) is 4.84. The van der Waals surface area contributed by atoms with Gasteiger partial charge in [-0.15, -0.1) is 23.5 Å². The molecule has 1 rings (SSSR count). The smallest absolute Gasteiger partial charge is 0.124 e. The van der Waals surface area contributed by atoms with Crippen molar-refractivity contribution in [2.24, 2.45) is 5.92 Å². The first kappa shape index (κ1) is 8.47. The van der Waals surface area contributed by atoms with Crippen molar-refractivity contribution in [2.45, 2.75) is 17.9 Å². The molecule has 1 nitrogen and oxygen atoms in total. The second-order valence-corrected chi connectivity index (χ2v) is 5.26. The zero-order valence-corrected chi connectivity index (χ0v) is 7.71. The minimum absolute atomic E-state index is 0.232. The lowest BCUT2D eigenvalue weighted by Crippen LogP contribution is -2.16. The highest BCUT2D eigenvalue weighted by molar-refractivity contribution is 8.17. The quantitative estimate of drug-likeness (QED) is 0.599. The fourth-order valence-corrected chi connectivity index (χ4v) is 3.84. The van der Waals surface area contributed by atoms with Gasteiger partial charge in [-0.3, -0.25) is 0 Å². The van der Waals surface area contributed by atoms with Gasteiger partial charge in [0.15, 0.2) is 0 Å². The Morgan fingerprint density at radius 2 is 2.10 bits per heavy atom. The number of aldehydes is 1. The molecule has 0 saturated carbocycles. The lowest BCUT2D eigenvalue weighted by Gasteiger charge is -2.22. The molecule has 10 heavy (non-hydrogen) atoms. The molecule has 1 aliphatic rings. The molecule has 58 valence electrons. The van der Waals surface area contributed by atoms with Crippen molar-refractivity contribution in [3.8, 4) is 0 Å². The summed E-state index contributed by atoms with van der Waals surface area (Å²) in [6.45, 7) is 2.00. The number of thioether (sulfide) groups is 2. The summed E-state index contributed by atoms with van der Waals surface area (Å²) in [5.74, 6) is 2.70. The normalized spacial score (nSPS) is 24.1. The van der Waals surface area contributed by atoms with Crippen molar-refractivity contribution in [1.29, 1.82) is 0 Å². The third-order valence-corrected chi connectivity index (χ3v) is 4.88. The van der Waals surface area contributed by atoms with Gasteiger partial charge in [-0.05, 0) is 17.9 Å². The van der Waals surface area contributed by atoms with E-state index in [2.05, 4.69) is 0 Å². The van der Waals surface area contributed by atoms with E-state index in [1.54, 1.807) is 0 Å². The maximum Gasteiger partial charge on any atom is 0.124 e. The number of carbonyl (C=O) groups is 1. The average Bonchev–Trinajstić information content (AvgIpc) is 2.05. The maximum absolute atomic E-state index is 10.4. The highest BCUT2D eigenvalue weighted by Gasteiger charge is 2.19. The van der Waals surface area contributed by atoms with Crippen LogP contribution in [0, 0.1) is 5.92 Å². The fourth-order valence-electron chi connectivity index (χ4n) is 0.874. The van der Waals surface area contributed by atoms with Crippen LogP contribution in [-0.4, -0.2) is 22.4 Å². The van der Waals surface area contributed by atoms with Gasteiger partial charge >= 0.3 is 0 Å². The Kier molecular flexibility index (Phi) is 3.63. The van der Waals surface area contributed by atoms with Crippen LogP contribution in [0.3, 0.4) is 0 Å². The Bertz CT molecular complexity index is 110. The molecule has 0 aromatic rings. The second kappa shape index (κ2) is 4.29. The van der Waals surface area contributed by atoms with Crippen LogP contribution in [0.4, 0.5) is 0 Å². The molecule has 0 amide bonds. The van der Waals surface area contributed by atoms with E-state index in [1.807, 2.05) is 30.4 Å². The minimum Gasteiger partial charge on any atom is -0.303 e. The van der Waals surface area contributed by atoms with Crippen LogP contribution in [0.2, 0.25) is 0 Å². The third-order valence-electron chi connectivity index (χ3n) is 1.50. The maximum atomic E-state index is 10.4. The number of carbonyl (C=O) groups excluding carboxylic acids is 1. The zero-order chi connectivity index (χ0) is 7.40. The predicted molar refractivity (Wildman–Crippen MR) is 48.5 cm³/mol. The topological polar surface area (TPSA) is 17.1 Å². The van der Waals surface area contributed by atoms with Crippen LogP contribution in [0.5, 0.6) is 0 Å². The Morgan fingerprint density at radius 3 is 2.60 bits per heavy atom. The molecule has 1 saturated heterocycles. The average molecular weight is 176 g/mol. The van der Waals surface area contributed by atoms with Crippen LogP contribution < -0.4 is 0 Å². The Morgan fingerprint density at radius 1 is 1.50 bits per heavy atom. The zero-order valence-electron chi connectivity index (χ0n) is 6.08. The van der Waals surface area contributed by atoms with Gasteiger partial charge in [0.1, 0.15) is 6.29 Å². The minimum atomic E-state index is 0.232. The van der Waals surface area contributed by atoms with Gasteiger partial charge < -0.3 is 4.79 Å². The second-order valence-electron chi connectivity index (χ2n) is 2.46. The van der Waals surface area contributed by atoms with E-state index in [9.17, 15) is 4.79 Å². The lowest BCUT2D eigenvalue weighted by atomic mass is 10.2. The van der Waals surface area contributed by atoms with E-state index in [0.29, 0.717) is 4.58 Å². The van der Waals surface area contributed by atoms with Crippen LogP contribution in [-0.2, 0) is 4.79 Å². The highest BCUT2D eigenvalue weighted by Crippen LogP contribution is 2.34. The summed E-state index contributed by atoms with van der Waals surface area (Å²) in [5, 5.41) is 0. The molecule has 0 aromatic heterocycles. The summed E-state index contributed by atoms with van der Waals surface area (Å²) < 4.78 is 0.534. The molecule has 3 heteroatoms. The molecule has 0 bridgehead atoms. The highest BCUT2D eigenvalue weighted by atomic mass is 32.2. The molecule has 1 aliphatic heterocycles. The largest absolute Gasteiger partial charge is 0.303 e. The number of hydrogen-bond acceptors (Lipinski definition) is 3. The monoisotopic (exact) mass is 176 g/mol. The van der Waals surface area contributed by atoms with Crippen molar-refractivity contribution < 1.29 is 4.79 Å². The van der Waals surface area contributed by atoms with Crippen LogP contribution in [0.25, 0.3) is 0 Å². The van der Waals surface area contributed by atoms with Gasteiger partial charge in [0.05, 0.1) is 4.58 Å². The Labute approximate surface area is 70.3 Å². The molecule has 0 spiro atoms. The van der Waals surface area contributed by atoms with E-state index in [4.69, 9.17) is 0 Å². The van der Waals surface area contributed by atoms with Crippen LogP contribution in [0.15, 0.2) is 0 Å². The van der Waals surface area contributed by atoms with E-state index in [1.165, 1.54) is 17.9 Å². The molecule has 0 aliphatic carbocycles. The summed E-state index contributed by atoms with van der Waals surface area (Å²) in [6.07, 6.45) is 2.37. The first-order valence-electron chi connectivity index (χ1n) is 3.53. The SMILES string of the molecule is C[C@H](C=O)C1SCCCS1. The summed E-state index contributed by atoms with van der Waals surface area (Å²) in [5.41, 5.74) is 0. The number of hydrogen-bond donors (Lipinski definition) is 0. The molecule has 0 N–H and O–H groups in total. The molecule has 0 aromatic carbocycles. The van der Waals surface area contributed by atoms with Gasteiger partial charge in [0, 0.05) is 5.92 Å². The van der Waals surface area contributed by atoms with Gasteiger partial charge in [-0.1, -0.05) is 6.92 Å². The van der Waals surface area contributed by atoms with E-state index >= 15 is 0 Å². The van der Waals surface area contributed by atoms with Gasteiger partial charge in [0.25, 0.3) is 0 Å². The Hall–Kier alpha value is 0.370. The number of rotatable bonds is 2. The van der Waals surface area contributed by atoms with Crippen LogP contribution in [0.1, 0.15) is 13.3 Å². The first-order valence-corrected chi connectivity index (χ1v) is 5.63. The predicted octanol–water partition coefficient (Wildman–Crippen LogP) is 2.02. The van der Waals surface area contributed by atoms with Gasteiger partial charge in [-0.2, -0.15) is 0 Å². The standard InChI is InChI=1S/C7H12OS2/c1-6(5-8)7-9-3-2-4-10-7/h5-7H,2-4H2,1H3/t6-/m1/s1. The van der Waals surface area contributed by atoms with Crippen molar-refractivity contribution in [3.63, 3.8) is 0 Å².